The van der Waals surface area contributed by atoms with Gasteiger partial charge in [0.1, 0.15) is 5.75 Å². The minimum Gasteiger partial charge on any atom is -0.481 e. The number of carbonyl (C=O) groups excluding carboxylic acids is 2. The molecule has 5 nitrogen and oxygen atoms in total. The molecule has 0 aliphatic carbocycles. The maximum absolute atomic E-state index is 12.9. The van der Waals surface area contributed by atoms with E-state index in [1.165, 1.54) is 0 Å². The molecular formula is C25H26N2O3. The van der Waals surface area contributed by atoms with E-state index in [-0.39, 0.29) is 17.9 Å². The summed E-state index contributed by atoms with van der Waals surface area (Å²) in [4.78, 5) is 25.7. The van der Waals surface area contributed by atoms with Gasteiger partial charge in [-0.3, -0.25) is 9.59 Å². The SMILES string of the molecule is CC[C@H](Oc1ccccc1)C(=O)Nc1ccccc1C(=O)N[C@H](C)c1ccccc1. The Labute approximate surface area is 177 Å². The number of rotatable bonds is 8. The van der Waals surface area contributed by atoms with Crippen LogP contribution >= 0.6 is 0 Å². The van der Waals surface area contributed by atoms with E-state index in [1.807, 2.05) is 74.5 Å². The Morgan fingerprint density at radius 1 is 0.867 bits per heavy atom. The van der Waals surface area contributed by atoms with Crippen LogP contribution in [0.25, 0.3) is 0 Å². The molecule has 0 heterocycles. The summed E-state index contributed by atoms with van der Waals surface area (Å²) < 4.78 is 5.81. The van der Waals surface area contributed by atoms with Gasteiger partial charge in [-0.2, -0.15) is 0 Å². The predicted molar refractivity (Wildman–Crippen MR) is 119 cm³/mol. The largest absolute Gasteiger partial charge is 0.481 e. The smallest absolute Gasteiger partial charge is 0.265 e. The summed E-state index contributed by atoms with van der Waals surface area (Å²) in [5, 5.41) is 5.84. The van der Waals surface area contributed by atoms with Crippen molar-refractivity contribution in [1.29, 1.82) is 0 Å². The van der Waals surface area contributed by atoms with Crippen molar-refractivity contribution in [2.24, 2.45) is 0 Å². The average molecular weight is 402 g/mol. The molecule has 5 heteroatoms. The lowest BCUT2D eigenvalue weighted by atomic mass is 10.1. The molecule has 30 heavy (non-hydrogen) atoms. The molecule has 0 aliphatic heterocycles. The van der Waals surface area contributed by atoms with Gasteiger partial charge in [-0.05, 0) is 43.2 Å². The number of nitrogens with one attached hydrogen (secondary N) is 2. The van der Waals surface area contributed by atoms with Crippen molar-refractivity contribution in [3.05, 3.63) is 96.1 Å². The van der Waals surface area contributed by atoms with E-state index in [0.29, 0.717) is 23.4 Å². The lowest BCUT2D eigenvalue weighted by Gasteiger charge is -2.19. The maximum Gasteiger partial charge on any atom is 0.265 e. The third-order valence-electron chi connectivity index (χ3n) is 4.76. The third kappa shape index (κ3) is 5.47. The van der Waals surface area contributed by atoms with Crippen LogP contribution in [0.4, 0.5) is 5.69 Å². The van der Waals surface area contributed by atoms with Gasteiger partial charge in [-0.1, -0.05) is 67.6 Å². The molecule has 154 valence electrons. The highest BCUT2D eigenvalue weighted by Crippen LogP contribution is 2.20. The summed E-state index contributed by atoms with van der Waals surface area (Å²) >= 11 is 0. The highest BCUT2D eigenvalue weighted by atomic mass is 16.5. The van der Waals surface area contributed by atoms with E-state index in [2.05, 4.69) is 10.6 Å². The lowest BCUT2D eigenvalue weighted by Crippen LogP contribution is -2.33. The summed E-state index contributed by atoms with van der Waals surface area (Å²) in [6.45, 7) is 3.81. The van der Waals surface area contributed by atoms with Crippen molar-refractivity contribution in [2.75, 3.05) is 5.32 Å². The van der Waals surface area contributed by atoms with Crippen LogP contribution in [0.1, 0.15) is 42.2 Å². The van der Waals surface area contributed by atoms with Gasteiger partial charge in [0.2, 0.25) is 0 Å². The minimum absolute atomic E-state index is 0.160. The number of benzene rings is 3. The Bertz CT molecular complexity index is 974. The van der Waals surface area contributed by atoms with E-state index in [1.54, 1.807) is 24.3 Å². The first-order valence-corrected chi connectivity index (χ1v) is 10.1. The monoisotopic (exact) mass is 402 g/mol. The fourth-order valence-electron chi connectivity index (χ4n) is 3.09. The van der Waals surface area contributed by atoms with E-state index < -0.39 is 6.10 Å². The van der Waals surface area contributed by atoms with Gasteiger partial charge in [0, 0.05) is 0 Å². The Hall–Kier alpha value is -3.60. The summed E-state index contributed by atoms with van der Waals surface area (Å²) in [6, 6.07) is 25.8. The highest BCUT2D eigenvalue weighted by molar-refractivity contribution is 6.04. The van der Waals surface area contributed by atoms with Crippen molar-refractivity contribution in [3.8, 4) is 5.75 Å². The summed E-state index contributed by atoms with van der Waals surface area (Å²) in [6.07, 6.45) is -0.160. The molecule has 0 spiro atoms. The molecule has 0 bridgehead atoms. The second-order valence-corrected chi connectivity index (χ2v) is 6.97. The molecule has 3 aromatic carbocycles. The van der Waals surface area contributed by atoms with E-state index in [4.69, 9.17) is 4.74 Å². The zero-order valence-corrected chi connectivity index (χ0v) is 17.2. The van der Waals surface area contributed by atoms with Crippen LogP contribution in [0.5, 0.6) is 5.75 Å². The van der Waals surface area contributed by atoms with Gasteiger partial charge >= 0.3 is 0 Å². The average Bonchev–Trinajstić information content (AvgIpc) is 2.79. The first-order chi connectivity index (χ1) is 14.6. The summed E-state index contributed by atoms with van der Waals surface area (Å²) in [7, 11) is 0. The molecule has 0 aromatic heterocycles. The quantitative estimate of drug-likeness (QED) is 0.559. The van der Waals surface area contributed by atoms with Crippen molar-refractivity contribution in [3.63, 3.8) is 0 Å². The molecule has 0 fully saturated rings. The summed E-state index contributed by atoms with van der Waals surface area (Å²) in [5.41, 5.74) is 1.87. The van der Waals surface area contributed by atoms with Crippen molar-refractivity contribution >= 4 is 17.5 Å². The third-order valence-corrected chi connectivity index (χ3v) is 4.76. The number of carbonyl (C=O) groups is 2. The second-order valence-electron chi connectivity index (χ2n) is 6.97. The van der Waals surface area contributed by atoms with Gasteiger partial charge in [0.15, 0.2) is 6.10 Å². The Kier molecular flexibility index (Phi) is 7.22. The standard InChI is InChI=1S/C25H26N2O3/c1-3-23(30-20-14-8-5-9-15-20)25(29)27-22-17-11-10-16-21(22)24(28)26-18(2)19-12-6-4-7-13-19/h4-18,23H,3H2,1-2H3,(H,26,28)(H,27,29)/t18-,23+/m1/s1. The van der Waals surface area contributed by atoms with Crippen molar-refractivity contribution in [1.82, 2.24) is 5.32 Å². The van der Waals surface area contributed by atoms with E-state index in [9.17, 15) is 9.59 Å². The lowest BCUT2D eigenvalue weighted by molar-refractivity contribution is -0.122. The first kappa shape index (κ1) is 21.1. The topological polar surface area (TPSA) is 67.4 Å². The Morgan fingerprint density at radius 2 is 1.47 bits per heavy atom. The van der Waals surface area contributed by atoms with Crippen LogP contribution in [0.2, 0.25) is 0 Å². The van der Waals surface area contributed by atoms with Gasteiger partial charge in [-0.25, -0.2) is 0 Å². The fourth-order valence-corrected chi connectivity index (χ4v) is 3.09. The molecular weight excluding hydrogens is 376 g/mol. The van der Waals surface area contributed by atoms with Crippen LogP contribution < -0.4 is 15.4 Å². The molecule has 3 rings (SSSR count). The Balaban J connectivity index is 1.71. The minimum atomic E-state index is -0.660. The number of hydrogen-bond acceptors (Lipinski definition) is 3. The molecule has 0 saturated heterocycles. The first-order valence-electron chi connectivity index (χ1n) is 10.1. The zero-order valence-electron chi connectivity index (χ0n) is 17.2. The predicted octanol–water partition coefficient (Wildman–Crippen LogP) is 4.97. The molecule has 2 atom stereocenters. The normalized spacial score (nSPS) is 12.5. The molecule has 0 aliphatic rings. The van der Waals surface area contributed by atoms with Gasteiger partial charge < -0.3 is 15.4 Å². The van der Waals surface area contributed by atoms with Crippen LogP contribution in [-0.4, -0.2) is 17.9 Å². The molecule has 0 radical (unpaired) electrons. The van der Waals surface area contributed by atoms with Crippen LogP contribution in [0.3, 0.4) is 0 Å². The highest BCUT2D eigenvalue weighted by Gasteiger charge is 2.21. The Morgan fingerprint density at radius 3 is 2.13 bits per heavy atom. The number of anilines is 1. The molecule has 0 unspecified atom stereocenters. The van der Waals surface area contributed by atoms with E-state index in [0.717, 1.165) is 5.56 Å². The molecule has 2 amide bonds. The number of amides is 2. The maximum atomic E-state index is 12.9. The second kappa shape index (κ2) is 10.3. The molecule has 2 N–H and O–H groups in total. The number of para-hydroxylation sites is 2. The summed E-state index contributed by atoms with van der Waals surface area (Å²) in [5.74, 6) is 0.0826. The van der Waals surface area contributed by atoms with Gasteiger partial charge in [0.05, 0.1) is 17.3 Å². The number of ether oxygens (including phenoxy) is 1. The van der Waals surface area contributed by atoms with Gasteiger partial charge in [0.25, 0.3) is 11.8 Å². The van der Waals surface area contributed by atoms with Crippen molar-refractivity contribution in [2.45, 2.75) is 32.4 Å². The van der Waals surface area contributed by atoms with Crippen LogP contribution in [0.15, 0.2) is 84.9 Å². The van der Waals surface area contributed by atoms with E-state index >= 15 is 0 Å². The van der Waals surface area contributed by atoms with Crippen LogP contribution in [0, 0.1) is 0 Å². The van der Waals surface area contributed by atoms with Crippen LogP contribution in [-0.2, 0) is 4.79 Å². The number of hydrogen-bond donors (Lipinski definition) is 2. The van der Waals surface area contributed by atoms with Gasteiger partial charge in [-0.15, -0.1) is 0 Å². The molecule has 3 aromatic rings. The molecule has 0 saturated carbocycles. The zero-order chi connectivity index (χ0) is 21.3. The fraction of sp³-hybridized carbons (Fsp3) is 0.200. The van der Waals surface area contributed by atoms with Crippen molar-refractivity contribution < 1.29 is 14.3 Å².